The minimum atomic E-state index is -0.258. The molecule has 1 rings (SSSR count). The number of esters is 1. The van der Waals surface area contributed by atoms with Crippen molar-refractivity contribution >= 4 is 23.4 Å². The summed E-state index contributed by atoms with van der Waals surface area (Å²) in [4.78, 5) is 22.7. The molecular formula is C17H23ClO3. The molecule has 3 nitrogen and oxygen atoms in total. The fraction of sp³-hybridized carbons (Fsp3) is 0.529. The second-order valence-corrected chi connectivity index (χ2v) is 6.14. The van der Waals surface area contributed by atoms with Crippen LogP contribution in [0.4, 0.5) is 0 Å². The second kappa shape index (κ2) is 8.18. The Morgan fingerprint density at radius 1 is 1.19 bits per heavy atom. The molecular weight excluding hydrogens is 288 g/mol. The van der Waals surface area contributed by atoms with Crippen molar-refractivity contribution in [2.75, 3.05) is 12.5 Å². The number of Topliss-reactive ketones (excluding diaryl/α,β-unsaturated/α-hetero) is 1. The van der Waals surface area contributed by atoms with Gasteiger partial charge in [-0.15, -0.1) is 11.6 Å². The summed E-state index contributed by atoms with van der Waals surface area (Å²) in [6.45, 7) is 6.01. The first-order valence-corrected chi connectivity index (χ1v) is 7.73. The van der Waals surface area contributed by atoms with E-state index in [1.807, 2.05) is 24.3 Å². The molecule has 0 aliphatic heterocycles. The zero-order valence-electron chi connectivity index (χ0n) is 12.9. The predicted octanol–water partition coefficient (Wildman–Crippen LogP) is 4.12. The molecule has 0 saturated carbocycles. The molecule has 0 radical (unpaired) electrons. The van der Waals surface area contributed by atoms with Crippen molar-refractivity contribution in [2.45, 2.75) is 45.4 Å². The highest BCUT2D eigenvalue weighted by molar-refractivity contribution is 6.18. The van der Waals surface area contributed by atoms with Gasteiger partial charge in [0.2, 0.25) is 0 Å². The third kappa shape index (κ3) is 5.88. The van der Waals surface area contributed by atoms with Gasteiger partial charge in [0, 0.05) is 24.8 Å². The average molecular weight is 311 g/mol. The van der Waals surface area contributed by atoms with Crippen molar-refractivity contribution in [1.29, 1.82) is 0 Å². The maximum absolute atomic E-state index is 11.9. The van der Waals surface area contributed by atoms with Gasteiger partial charge in [-0.2, -0.15) is 0 Å². The fourth-order valence-electron chi connectivity index (χ4n) is 2.07. The van der Waals surface area contributed by atoms with Gasteiger partial charge in [-0.1, -0.05) is 38.1 Å². The Kier molecular flexibility index (Phi) is 6.90. The number of carbonyl (C=O) groups is 2. The SMILES string of the molecule is CC(=O)OCCC(C)(C)c1ccc(C(=O)CCCCl)cc1. The molecule has 0 unspecified atom stereocenters. The van der Waals surface area contributed by atoms with Gasteiger partial charge in [0.25, 0.3) is 0 Å². The Bertz CT molecular complexity index is 477. The Balaban J connectivity index is 2.67. The van der Waals surface area contributed by atoms with Crippen LogP contribution in [0, 0.1) is 0 Å². The number of hydrogen-bond donors (Lipinski definition) is 0. The normalized spacial score (nSPS) is 11.2. The van der Waals surface area contributed by atoms with Gasteiger partial charge in [-0.25, -0.2) is 0 Å². The maximum atomic E-state index is 11.9. The fourth-order valence-corrected chi connectivity index (χ4v) is 2.21. The first kappa shape index (κ1) is 17.7. The summed E-state index contributed by atoms with van der Waals surface area (Å²) in [7, 11) is 0. The van der Waals surface area contributed by atoms with E-state index in [4.69, 9.17) is 16.3 Å². The zero-order valence-corrected chi connectivity index (χ0v) is 13.7. The summed E-state index contributed by atoms with van der Waals surface area (Å²) < 4.78 is 5.00. The lowest BCUT2D eigenvalue weighted by molar-refractivity contribution is -0.141. The van der Waals surface area contributed by atoms with Gasteiger partial charge in [0.1, 0.15) is 0 Å². The molecule has 0 heterocycles. The number of alkyl halides is 1. The Hall–Kier alpha value is -1.35. The first-order chi connectivity index (χ1) is 9.86. The minimum absolute atomic E-state index is 0.104. The van der Waals surface area contributed by atoms with Crippen LogP contribution in [-0.2, 0) is 14.9 Å². The first-order valence-electron chi connectivity index (χ1n) is 7.20. The molecule has 0 spiro atoms. The smallest absolute Gasteiger partial charge is 0.302 e. The number of ether oxygens (including phenoxy) is 1. The largest absolute Gasteiger partial charge is 0.466 e. The topological polar surface area (TPSA) is 43.4 Å². The Morgan fingerprint density at radius 3 is 2.33 bits per heavy atom. The van der Waals surface area contributed by atoms with Gasteiger partial charge in [0.15, 0.2) is 5.78 Å². The highest BCUT2D eigenvalue weighted by Gasteiger charge is 2.21. The second-order valence-electron chi connectivity index (χ2n) is 5.77. The number of rotatable bonds is 8. The number of ketones is 1. The summed E-state index contributed by atoms with van der Waals surface area (Å²) in [5.74, 6) is 0.374. The highest BCUT2D eigenvalue weighted by atomic mass is 35.5. The lowest BCUT2D eigenvalue weighted by atomic mass is 9.81. The lowest BCUT2D eigenvalue weighted by Gasteiger charge is -2.25. The zero-order chi connectivity index (χ0) is 15.9. The van der Waals surface area contributed by atoms with Crippen LogP contribution in [0.1, 0.15) is 56.0 Å². The van der Waals surface area contributed by atoms with Crippen LogP contribution in [0.25, 0.3) is 0 Å². The van der Waals surface area contributed by atoms with Crippen LogP contribution in [0.2, 0.25) is 0 Å². The van der Waals surface area contributed by atoms with Crippen molar-refractivity contribution in [3.63, 3.8) is 0 Å². The van der Waals surface area contributed by atoms with E-state index < -0.39 is 0 Å². The van der Waals surface area contributed by atoms with Gasteiger partial charge in [-0.3, -0.25) is 9.59 Å². The monoisotopic (exact) mass is 310 g/mol. The van der Waals surface area contributed by atoms with E-state index in [1.165, 1.54) is 6.92 Å². The van der Waals surface area contributed by atoms with Gasteiger partial charge >= 0.3 is 5.97 Å². The third-order valence-electron chi connectivity index (χ3n) is 3.56. The third-order valence-corrected chi connectivity index (χ3v) is 3.83. The quantitative estimate of drug-likeness (QED) is 0.412. The van der Waals surface area contributed by atoms with Gasteiger partial charge in [0.05, 0.1) is 6.61 Å². The molecule has 116 valence electrons. The van der Waals surface area contributed by atoms with Gasteiger partial charge < -0.3 is 4.74 Å². The summed E-state index contributed by atoms with van der Waals surface area (Å²) in [5.41, 5.74) is 1.75. The number of halogens is 1. The van der Waals surface area contributed by atoms with Crippen LogP contribution >= 0.6 is 11.6 Å². The van der Waals surface area contributed by atoms with Gasteiger partial charge in [-0.05, 0) is 23.8 Å². The van der Waals surface area contributed by atoms with Crippen molar-refractivity contribution in [2.24, 2.45) is 0 Å². The maximum Gasteiger partial charge on any atom is 0.302 e. The van der Waals surface area contributed by atoms with E-state index in [1.54, 1.807) is 0 Å². The van der Waals surface area contributed by atoms with Crippen molar-refractivity contribution in [1.82, 2.24) is 0 Å². The Morgan fingerprint density at radius 2 is 1.81 bits per heavy atom. The summed E-state index contributed by atoms with van der Waals surface area (Å²) >= 11 is 5.60. The summed E-state index contributed by atoms with van der Waals surface area (Å²) in [6.07, 6.45) is 1.93. The van der Waals surface area contributed by atoms with E-state index in [2.05, 4.69) is 13.8 Å². The molecule has 0 aromatic heterocycles. The van der Waals surface area contributed by atoms with Crippen LogP contribution in [0.15, 0.2) is 24.3 Å². The van der Waals surface area contributed by atoms with Crippen molar-refractivity contribution < 1.29 is 14.3 Å². The molecule has 0 amide bonds. The molecule has 0 aliphatic carbocycles. The van der Waals surface area contributed by atoms with E-state index >= 15 is 0 Å². The molecule has 0 fully saturated rings. The molecule has 0 aliphatic rings. The molecule has 0 saturated heterocycles. The average Bonchev–Trinajstić information content (AvgIpc) is 2.44. The minimum Gasteiger partial charge on any atom is -0.466 e. The van der Waals surface area contributed by atoms with E-state index in [0.29, 0.717) is 25.3 Å². The molecule has 1 aromatic carbocycles. The van der Waals surface area contributed by atoms with Crippen molar-refractivity contribution in [3.8, 4) is 0 Å². The predicted molar refractivity (Wildman–Crippen MR) is 85.0 cm³/mol. The van der Waals surface area contributed by atoms with Crippen LogP contribution in [-0.4, -0.2) is 24.2 Å². The lowest BCUT2D eigenvalue weighted by Crippen LogP contribution is -2.20. The molecule has 21 heavy (non-hydrogen) atoms. The number of benzene rings is 1. The number of hydrogen-bond acceptors (Lipinski definition) is 3. The molecule has 0 atom stereocenters. The van der Waals surface area contributed by atoms with E-state index in [9.17, 15) is 9.59 Å². The summed E-state index contributed by atoms with van der Waals surface area (Å²) in [5, 5.41) is 0. The van der Waals surface area contributed by atoms with Crippen LogP contribution in [0.5, 0.6) is 0 Å². The van der Waals surface area contributed by atoms with Crippen molar-refractivity contribution in [3.05, 3.63) is 35.4 Å². The molecule has 4 heteroatoms. The van der Waals surface area contributed by atoms with E-state index in [0.717, 1.165) is 17.5 Å². The highest BCUT2D eigenvalue weighted by Crippen LogP contribution is 2.27. The molecule has 0 bridgehead atoms. The standard InChI is InChI=1S/C17H23ClO3/c1-13(19)21-12-10-17(2,3)15-8-6-14(7-9-15)16(20)5-4-11-18/h6-9H,4-5,10-12H2,1-3H3. The van der Waals surface area contributed by atoms with Crippen LogP contribution < -0.4 is 0 Å². The van der Waals surface area contributed by atoms with E-state index in [-0.39, 0.29) is 17.2 Å². The Labute approximate surface area is 131 Å². The summed E-state index contributed by atoms with van der Waals surface area (Å²) in [6, 6.07) is 7.67. The van der Waals surface area contributed by atoms with Crippen LogP contribution in [0.3, 0.4) is 0 Å². The number of carbonyl (C=O) groups excluding carboxylic acids is 2. The molecule has 1 aromatic rings. The molecule has 0 N–H and O–H groups in total.